The normalized spacial score (nSPS) is 11.8. The van der Waals surface area contributed by atoms with Crippen molar-refractivity contribution in [3.63, 3.8) is 0 Å². The quantitative estimate of drug-likeness (QED) is 0.353. The van der Waals surface area contributed by atoms with E-state index >= 15 is 0 Å². The number of anilines is 1. The van der Waals surface area contributed by atoms with Crippen LogP contribution < -0.4 is 10.6 Å². The highest BCUT2D eigenvalue weighted by Gasteiger charge is 2.20. The summed E-state index contributed by atoms with van der Waals surface area (Å²) in [5.41, 5.74) is 1.11. The molecule has 11 heteroatoms. The number of hydrogen-bond donors (Lipinski definition) is 2. The molecule has 1 atom stereocenters. The molecule has 0 aliphatic heterocycles. The third-order valence-electron chi connectivity index (χ3n) is 4.44. The van der Waals surface area contributed by atoms with Crippen LogP contribution in [0.5, 0.6) is 0 Å². The minimum atomic E-state index is -0.376. The first-order valence-electron chi connectivity index (χ1n) is 9.65. The standard InChI is InChI=1S/C21H20BrCl2N5O2S/c1-3-29-19(12(2)25-20(31)13-4-6-14(23)7-5-13)27-28-21(29)32-11-18(30)26-15-8-9-16(22)17(24)10-15/h4-10,12H,3,11H2,1-2H3,(H,25,31)(H,26,30)/t12-/m0/s1. The number of carbonyl (C=O) groups is 2. The molecule has 2 N–H and O–H groups in total. The molecule has 1 heterocycles. The summed E-state index contributed by atoms with van der Waals surface area (Å²) < 4.78 is 2.63. The third kappa shape index (κ3) is 6.25. The molecule has 0 aliphatic rings. The van der Waals surface area contributed by atoms with Crippen molar-refractivity contribution in [1.82, 2.24) is 20.1 Å². The fourth-order valence-electron chi connectivity index (χ4n) is 2.87. The van der Waals surface area contributed by atoms with Gasteiger partial charge in [-0.1, -0.05) is 35.0 Å². The number of halogens is 3. The third-order valence-corrected chi connectivity index (χ3v) is 6.89. The molecule has 0 unspecified atom stereocenters. The van der Waals surface area contributed by atoms with Gasteiger partial charge in [-0.15, -0.1) is 10.2 Å². The molecule has 32 heavy (non-hydrogen) atoms. The van der Waals surface area contributed by atoms with Crippen LogP contribution in [-0.4, -0.2) is 32.3 Å². The molecular formula is C21H20BrCl2N5O2S. The number of carbonyl (C=O) groups excluding carboxylic acids is 2. The lowest BCUT2D eigenvalue weighted by Gasteiger charge is -2.15. The van der Waals surface area contributed by atoms with Gasteiger partial charge in [0.1, 0.15) is 0 Å². The van der Waals surface area contributed by atoms with Crippen LogP contribution in [0.3, 0.4) is 0 Å². The zero-order valence-corrected chi connectivity index (χ0v) is 21.1. The van der Waals surface area contributed by atoms with Crippen LogP contribution in [0.2, 0.25) is 10.0 Å². The summed E-state index contributed by atoms with van der Waals surface area (Å²) >= 11 is 16.5. The van der Waals surface area contributed by atoms with E-state index in [2.05, 4.69) is 36.8 Å². The van der Waals surface area contributed by atoms with Gasteiger partial charge in [0.25, 0.3) is 5.91 Å². The molecule has 0 fully saturated rings. The number of nitrogens with zero attached hydrogens (tertiary/aromatic N) is 3. The summed E-state index contributed by atoms with van der Waals surface area (Å²) in [4.78, 5) is 24.8. The van der Waals surface area contributed by atoms with Gasteiger partial charge in [-0.05, 0) is 72.2 Å². The number of hydrogen-bond acceptors (Lipinski definition) is 5. The van der Waals surface area contributed by atoms with Gasteiger partial charge >= 0.3 is 0 Å². The van der Waals surface area contributed by atoms with Crippen molar-refractivity contribution in [2.45, 2.75) is 31.6 Å². The van der Waals surface area contributed by atoms with E-state index in [1.165, 1.54) is 11.8 Å². The van der Waals surface area contributed by atoms with E-state index in [9.17, 15) is 9.59 Å². The maximum Gasteiger partial charge on any atom is 0.251 e. The highest BCUT2D eigenvalue weighted by atomic mass is 79.9. The second-order valence-electron chi connectivity index (χ2n) is 6.75. The van der Waals surface area contributed by atoms with Gasteiger partial charge in [0.05, 0.1) is 16.8 Å². The lowest BCUT2D eigenvalue weighted by atomic mass is 10.2. The van der Waals surface area contributed by atoms with Crippen molar-refractivity contribution in [3.05, 3.63) is 68.4 Å². The Hall–Kier alpha value is -2.07. The second-order valence-corrected chi connectivity index (χ2v) is 9.39. The first-order chi connectivity index (χ1) is 15.3. The monoisotopic (exact) mass is 555 g/mol. The minimum Gasteiger partial charge on any atom is -0.342 e. The molecule has 0 aliphatic carbocycles. The van der Waals surface area contributed by atoms with Gasteiger partial charge in [0.15, 0.2) is 11.0 Å². The number of aromatic nitrogens is 3. The molecule has 7 nitrogen and oxygen atoms in total. The van der Waals surface area contributed by atoms with Crippen LogP contribution >= 0.6 is 50.9 Å². The molecule has 3 aromatic rings. The summed E-state index contributed by atoms with van der Waals surface area (Å²) in [5.74, 6) is 0.334. The summed E-state index contributed by atoms with van der Waals surface area (Å²) in [6.45, 7) is 4.38. The summed E-state index contributed by atoms with van der Waals surface area (Å²) in [6, 6.07) is 11.5. The van der Waals surface area contributed by atoms with E-state index in [0.717, 1.165) is 4.47 Å². The smallest absolute Gasteiger partial charge is 0.251 e. The summed E-state index contributed by atoms with van der Waals surface area (Å²) in [6.07, 6.45) is 0. The van der Waals surface area contributed by atoms with Gasteiger partial charge in [-0.25, -0.2) is 0 Å². The number of rotatable bonds is 8. The van der Waals surface area contributed by atoms with Gasteiger partial charge in [-0.2, -0.15) is 0 Å². The largest absolute Gasteiger partial charge is 0.342 e. The topological polar surface area (TPSA) is 88.9 Å². The molecule has 2 amide bonds. The average molecular weight is 557 g/mol. The summed E-state index contributed by atoms with van der Waals surface area (Å²) in [5, 5.41) is 15.8. The Kier molecular flexibility index (Phi) is 8.58. The Balaban J connectivity index is 1.62. The van der Waals surface area contributed by atoms with E-state index in [1.54, 1.807) is 42.5 Å². The lowest BCUT2D eigenvalue weighted by molar-refractivity contribution is -0.113. The lowest BCUT2D eigenvalue weighted by Crippen LogP contribution is -2.28. The molecule has 2 aromatic carbocycles. The van der Waals surface area contributed by atoms with Crippen molar-refractivity contribution in [2.24, 2.45) is 0 Å². The van der Waals surface area contributed by atoms with Crippen LogP contribution in [0.1, 0.15) is 36.1 Å². The van der Waals surface area contributed by atoms with Gasteiger partial charge < -0.3 is 15.2 Å². The number of thioether (sulfide) groups is 1. The molecule has 0 saturated carbocycles. The maximum absolute atomic E-state index is 12.5. The maximum atomic E-state index is 12.5. The molecule has 0 spiro atoms. The Morgan fingerprint density at radius 2 is 1.88 bits per heavy atom. The molecule has 0 bridgehead atoms. The zero-order chi connectivity index (χ0) is 23.3. The van der Waals surface area contributed by atoms with E-state index in [0.29, 0.717) is 38.8 Å². The summed E-state index contributed by atoms with van der Waals surface area (Å²) in [7, 11) is 0. The van der Waals surface area contributed by atoms with Crippen molar-refractivity contribution in [3.8, 4) is 0 Å². The van der Waals surface area contributed by atoms with Crippen LogP contribution in [0.15, 0.2) is 52.1 Å². The minimum absolute atomic E-state index is 0.150. The van der Waals surface area contributed by atoms with E-state index < -0.39 is 0 Å². The highest BCUT2D eigenvalue weighted by Crippen LogP contribution is 2.26. The van der Waals surface area contributed by atoms with Crippen molar-refractivity contribution in [1.29, 1.82) is 0 Å². The molecule has 0 radical (unpaired) electrons. The number of benzene rings is 2. The van der Waals surface area contributed by atoms with Crippen molar-refractivity contribution < 1.29 is 9.59 Å². The van der Waals surface area contributed by atoms with Gasteiger partial charge in [0.2, 0.25) is 5.91 Å². The van der Waals surface area contributed by atoms with Gasteiger partial charge in [0, 0.05) is 27.3 Å². The first kappa shape index (κ1) is 24.6. The molecule has 168 valence electrons. The van der Waals surface area contributed by atoms with Crippen LogP contribution in [0.4, 0.5) is 5.69 Å². The Morgan fingerprint density at radius 1 is 1.16 bits per heavy atom. The Bertz CT molecular complexity index is 1120. The van der Waals surface area contributed by atoms with Crippen molar-refractivity contribution >= 4 is 68.4 Å². The number of amides is 2. The van der Waals surface area contributed by atoms with Gasteiger partial charge in [-0.3, -0.25) is 9.59 Å². The Labute approximate surface area is 208 Å². The fourth-order valence-corrected chi connectivity index (χ4v) is 4.23. The molecular weight excluding hydrogens is 537 g/mol. The predicted molar refractivity (Wildman–Crippen MR) is 132 cm³/mol. The van der Waals surface area contributed by atoms with E-state index in [4.69, 9.17) is 23.2 Å². The molecule has 0 saturated heterocycles. The number of nitrogens with one attached hydrogen (secondary N) is 2. The van der Waals surface area contributed by atoms with E-state index in [1.807, 2.05) is 18.4 Å². The highest BCUT2D eigenvalue weighted by molar-refractivity contribution is 9.10. The van der Waals surface area contributed by atoms with Crippen molar-refractivity contribution in [2.75, 3.05) is 11.1 Å². The average Bonchev–Trinajstić information content (AvgIpc) is 3.18. The Morgan fingerprint density at radius 3 is 2.53 bits per heavy atom. The first-order valence-corrected chi connectivity index (χ1v) is 12.2. The second kappa shape index (κ2) is 11.2. The van der Waals surface area contributed by atoms with Crippen LogP contribution in [-0.2, 0) is 11.3 Å². The predicted octanol–water partition coefficient (Wildman–Crippen LogP) is 5.59. The molecule has 3 rings (SSSR count). The SMILES string of the molecule is CCn1c(SCC(=O)Nc2ccc(Br)c(Cl)c2)nnc1[C@H](C)NC(=O)c1ccc(Cl)cc1. The van der Waals surface area contributed by atoms with Crippen LogP contribution in [0, 0.1) is 0 Å². The zero-order valence-electron chi connectivity index (χ0n) is 17.2. The fraction of sp³-hybridized carbons (Fsp3) is 0.238. The molecule has 1 aromatic heterocycles. The van der Waals surface area contributed by atoms with E-state index in [-0.39, 0.29) is 23.6 Å². The van der Waals surface area contributed by atoms with Crippen LogP contribution in [0.25, 0.3) is 0 Å².